The number of ether oxygens (including phenoxy) is 8. The fourth-order valence-corrected chi connectivity index (χ4v) is 10.8. The number of nitrogens with zero attached hydrogens (tertiary/aromatic N) is 1. The lowest BCUT2D eigenvalue weighted by Gasteiger charge is -2.46. The number of hydrogen-bond donors (Lipinski definition) is 3. The number of benzene rings is 2. The first kappa shape index (κ1) is 49.4. The smallest absolute Gasteiger partial charge is 0.407 e. The number of piperidine rings is 1. The summed E-state index contributed by atoms with van der Waals surface area (Å²) in [6, 6.07) is 13.4. The molecule has 16 heteroatoms. The van der Waals surface area contributed by atoms with E-state index < -0.39 is 72.0 Å². The minimum absolute atomic E-state index is 0.00730. The van der Waals surface area contributed by atoms with Crippen LogP contribution in [0.3, 0.4) is 0 Å². The number of hydrogen-bond acceptors (Lipinski definition) is 14. The third-order valence-electron chi connectivity index (χ3n) is 12.9. The number of fused-ring (bicyclic) bond motifs is 2. The molecule has 0 unspecified atom stereocenters. The van der Waals surface area contributed by atoms with Gasteiger partial charge in [-0.25, -0.2) is 4.79 Å². The van der Waals surface area contributed by atoms with Gasteiger partial charge in [0, 0.05) is 48.0 Å². The number of carbonyl (C=O) groups is 3. The van der Waals surface area contributed by atoms with Gasteiger partial charge in [0.25, 0.3) is 5.91 Å². The van der Waals surface area contributed by atoms with Crippen LogP contribution in [-0.4, -0.2) is 133 Å². The topological polar surface area (TPSA) is 173 Å². The van der Waals surface area contributed by atoms with Crippen molar-refractivity contribution in [1.29, 1.82) is 0 Å². The van der Waals surface area contributed by atoms with Crippen molar-refractivity contribution in [3.63, 3.8) is 0 Å². The Hall–Kier alpha value is -3.48. The van der Waals surface area contributed by atoms with Crippen LogP contribution in [0, 0.1) is 18.8 Å². The molecule has 4 aliphatic heterocycles. The molecule has 65 heavy (non-hydrogen) atoms. The number of amides is 2. The predicted octanol–water partition coefficient (Wildman–Crippen LogP) is 7.10. The third kappa shape index (κ3) is 13.2. The summed E-state index contributed by atoms with van der Waals surface area (Å²) in [6.07, 6.45) is 2.48. The van der Waals surface area contributed by atoms with Gasteiger partial charge < -0.3 is 53.6 Å². The molecule has 1 saturated carbocycles. The second-order valence-electron chi connectivity index (χ2n) is 20.0. The standard InChI is InChI=1S/C49H71N3O12S/c1-30-34(21-16-22-37(30)53)43(54)51-35(29-65-33-19-10-9-11-20-33)38(27-52-26-32-18-13-12-17-31(32)25-36(52)44(55)63-47(2,3)4)59-46(56)50-23-14-15-24-57-41-40(39-28-58-48(5,6)61-39)60-45-42(41)62-49(7,8)64-45/h9-11,16,19-22,31-32,35-36,38-42,45,53H,12-15,17-18,23-29H2,1-8H3,(H,50,56)(H,51,54)/t31-,32+,35-,36-,38+,39+,40+,41-,42+,45+/m0/s1. The zero-order chi connectivity index (χ0) is 46.5. The Morgan fingerprint density at radius 1 is 0.938 bits per heavy atom. The Labute approximate surface area is 388 Å². The van der Waals surface area contributed by atoms with E-state index in [0.29, 0.717) is 74.3 Å². The van der Waals surface area contributed by atoms with Crippen LogP contribution in [0.5, 0.6) is 5.75 Å². The lowest BCUT2D eigenvalue weighted by atomic mass is 9.73. The third-order valence-corrected chi connectivity index (χ3v) is 14.0. The molecular weight excluding hydrogens is 855 g/mol. The predicted molar refractivity (Wildman–Crippen MR) is 243 cm³/mol. The Kier molecular flexibility index (Phi) is 16.1. The van der Waals surface area contributed by atoms with Gasteiger partial charge in [-0.15, -0.1) is 11.8 Å². The maximum Gasteiger partial charge on any atom is 0.407 e. The Morgan fingerprint density at radius 2 is 1.69 bits per heavy atom. The number of thioether (sulfide) groups is 1. The highest BCUT2D eigenvalue weighted by molar-refractivity contribution is 7.99. The first-order chi connectivity index (χ1) is 30.8. The number of rotatable bonds is 17. The Morgan fingerprint density at radius 3 is 2.42 bits per heavy atom. The molecule has 2 aromatic rings. The van der Waals surface area contributed by atoms with E-state index in [4.69, 9.17) is 37.9 Å². The van der Waals surface area contributed by atoms with Gasteiger partial charge in [0.1, 0.15) is 47.9 Å². The monoisotopic (exact) mass is 925 g/mol. The number of unbranched alkanes of at least 4 members (excludes halogenated alkanes) is 1. The van der Waals surface area contributed by atoms with Gasteiger partial charge in [0.05, 0.1) is 12.6 Å². The molecule has 0 spiro atoms. The number of phenols is 1. The van der Waals surface area contributed by atoms with Gasteiger partial charge in [0.2, 0.25) is 0 Å². The number of nitrogens with one attached hydrogen (secondary N) is 2. The van der Waals surface area contributed by atoms with E-state index in [0.717, 1.165) is 30.6 Å². The second kappa shape index (κ2) is 21.2. The molecule has 5 aliphatic rings. The highest BCUT2D eigenvalue weighted by Crippen LogP contribution is 2.43. The highest BCUT2D eigenvalue weighted by Gasteiger charge is 2.59. The number of alkyl carbamates (subject to hydrolysis) is 1. The number of phenolic OH excluding ortho intramolecular Hbond substituents is 1. The van der Waals surface area contributed by atoms with Crippen molar-refractivity contribution < 1.29 is 57.4 Å². The average Bonchev–Trinajstić information content (AvgIpc) is 3.88. The van der Waals surface area contributed by atoms with Gasteiger partial charge in [-0.3, -0.25) is 14.5 Å². The summed E-state index contributed by atoms with van der Waals surface area (Å²) in [5.41, 5.74) is 0.0712. The summed E-state index contributed by atoms with van der Waals surface area (Å²) in [7, 11) is 0. The minimum Gasteiger partial charge on any atom is -0.508 e. The number of esters is 1. The lowest BCUT2D eigenvalue weighted by Crippen LogP contribution is -2.59. The molecule has 10 atom stereocenters. The fraction of sp³-hybridized carbons (Fsp3) is 0.694. The van der Waals surface area contributed by atoms with Crippen molar-refractivity contribution in [3.05, 3.63) is 59.7 Å². The number of carbonyl (C=O) groups excluding carboxylic acids is 3. The summed E-state index contributed by atoms with van der Waals surface area (Å²) < 4.78 is 49.3. The van der Waals surface area contributed by atoms with Crippen LogP contribution in [0.2, 0.25) is 0 Å². The molecule has 0 bridgehead atoms. The highest BCUT2D eigenvalue weighted by atomic mass is 32.2. The minimum atomic E-state index is -0.877. The van der Waals surface area contributed by atoms with Crippen LogP contribution >= 0.6 is 11.8 Å². The largest absolute Gasteiger partial charge is 0.508 e. The van der Waals surface area contributed by atoms with E-state index in [9.17, 15) is 19.5 Å². The molecular formula is C49H71N3O12S. The van der Waals surface area contributed by atoms with Crippen LogP contribution < -0.4 is 10.6 Å². The van der Waals surface area contributed by atoms with Crippen LogP contribution in [-0.2, 0) is 42.7 Å². The molecule has 0 aromatic heterocycles. The molecule has 4 heterocycles. The molecule has 5 fully saturated rings. The first-order valence-electron chi connectivity index (χ1n) is 23.5. The molecule has 7 rings (SSSR count). The van der Waals surface area contributed by atoms with Crippen molar-refractivity contribution in [2.75, 3.05) is 38.6 Å². The van der Waals surface area contributed by atoms with E-state index >= 15 is 0 Å². The van der Waals surface area contributed by atoms with E-state index in [1.54, 1.807) is 25.1 Å². The Balaban J connectivity index is 1.05. The van der Waals surface area contributed by atoms with E-state index in [1.165, 1.54) is 11.8 Å². The van der Waals surface area contributed by atoms with Crippen LogP contribution in [0.15, 0.2) is 53.4 Å². The first-order valence-corrected chi connectivity index (χ1v) is 24.5. The van der Waals surface area contributed by atoms with Crippen LogP contribution in [0.25, 0.3) is 0 Å². The van der Waals surface area contributed by atoms with E-state index in [-0.39, 0.29) is 24.4 Å². The summed E-state index contributed by atoms with van der Waals surface area (Å²) in [6.45, 7) is 16.6. The molecule has 3 N–H and O–H groups in total. The average molecular weight is 926 g/mol. The van der Waals surface area contributed by atoms with Gasteiger partial charge in [-0.2, -0.15) is 0 Å². The number of likely N-dealkylation sites (tertiary alicyclic amines) is 1. The van der Waals surface area contributed by atoms with Crippen molar-refractivity contribution in [2.45, 2.75) is 171 Å². The molecule has 4 saturated heterocycles. The lowest BCUT2D eigenvalue weighted by molar-refractivity contribution is -0.236. The maximum absolute atomic E-state index is 14.1. The van der Waals surface area contributed by atoms with E-state index in [2.05, 4.69) is 15.5 Å². The zero-order valence-corrected chi connectivity index (χ0v) is 40.2. The summed E-state index contributed by atoms with van der Waals surface area (Å²) in [5, 5.41) is 16.6. The normalized spacial score (nSPS) is 29.3. The second-order valence-corrected chi connectivity index (χ2v) is 21.1. The van der Waals surface area contributed by atoms with Gasteiger partial charge >= 0.3 is 12.1 Å². The summed E-state index contributed by atoms with van der Waals surface area (Å²) >= 11 is 1.53. The summed E-state index contributed by atoms with van der Waals surface area (Å²) in [4.78, 5) is 45.1. The van der Waals surface area contributed by atoms with Crippen molar-refractivity contribution in [2.24, 2.45) is 11.8 Å². The van der Waals surface area contributed by atoms with Crippen LogP contribution in [0.1, 0.15) is 109 Å². The quantitative estimate of drug-likeness (QED) is 0.0833. The Bertz CT molecular complexity index is 1930. The number of aromatic hydroxyl groups is 1. The van der Waals surface area contributed by atoms with Gasteiger partial charge in [-0.05, 0) is 117 Å². The van der Waals surface area contributed by atoms with Gasteiger partial charge in [0.15, 0.2) is 17.9 Å². The molecule has 0 radical (unpaired) electrons. The molecule has 15 nitrogen and oxygen atoms in total. The molecule has 1 aliphatic carbocycles. The van der Waals surface area contributed by atoms with Gasteiger partial charge in [-0.1, -0.05) is 43.5 Å². The molecule has 2 amide bonds. The van der Waals surface area contributed by atoms with Crippen molar-refractivity contribution >= 4 is 29.7 Å². The van der Waals surface area contributed by atoms with E-state index in [1.807, 2.05) is 78.8 Å². The maximum atomic E-state index is 14.1. The fourth-order valence-electron chi connectivity index (χ4n) is 9.74. The van der Waals surface area contributed by atoms with Crippen LogP contribution in [0.4, 0.5) is 4.79 Å². The SMILES string of the molecule is Cc1c(O)cccc1C(=O)N[C@@H](CSc1ccccc1)[C@@H](CN1C[C@H]2CCCC[C@H]2C[C@H]1C(=O)OC(C)(C)C)OC(=O)NCCCCO[C@@H]1[C@H]2OC(C)(C)O[C@H]2O[C@@H]1[C@H]1COC(C)(C)O1. The zero-order valence-electron chi connectivity index (χ0n) is 39.4. The summed E-state index contributed by atoms with van der Waals surface area (Å²) in [5.74, 6) is -1.10. The van der Waals surface area contributed by atoms with Crippen molar-refractivity contribution in [1.82, 2.24) is 15.5 Å². The molecule has 2 aromatic carbocycles. The molecule has 360 valence electrons. The van der Waals surface area contributed by atoms with Crippen molar-refractivity contribution in [3.8, 4) is 5.75 Å².